The van der Waals surface area contributed by atoms with Crippen molar-refractivity contribution in [2.24, 2.45) is 0 Å². The third kappa shape index (κ3) is 6.34. The SMILES string of the molecule is OCCC(I)=CC(F)(F)F. The fourth-order valence-corrected chi connectivity index (χ4v) is 0.951. The first-order valence-corrected chi connectivity index (χ1v) is 3.58. The summed E-state index contributed by atoms with van der Waals surface area (Å²) in [7, 11) is 0. The molecule has 0 saturated heterocycles. The van der Waals surface area contributed by atoms with E-state index in [-0.39, 0.29) is 22.7 Å². The van der Waals surface area contributed by atoms with E-state index in [1.54, 1.807) is 22.6 Å². The van der Waals surface area contributed by atoms with E-state index in [1.165, 1.54) is 0 Å². The molecule has 0 aliphatic heterocycles. The van der Waals surface area contributed by atoms with Crippen molar-refractivity contribution in [3.8, 4) is 0 Å². The normalized spacial score (nSPS) is 13.9. The first kappa shape index (κ1) is 10.2. The summed E-state index contributed by atoms with van der Waals surface area (Å²) in [4.78, 5) is 0. The number of aliphatic hydroxyl groups is 1. The third-order valence-electron chi connectivity index (χ3n) is 0.671. The Bertz CT molecular complexity index is 129. The number of aliphatic hydroxyl groups excluding tert-OH is 1. The molecule has 0 aliphatic rings. The summed E-state index contributed by atoms with van der Waals surface area (Å²) in [6.07, 6.45) is -4.00. The molecular formula is C5H6F3IO. The van der Waals surface area contributed by atoms with Crippen LogP contribution < -0.4 is 0 Å². The van der Waals surface area contributed by atoms with Crippen molar-refractivity contribution in [3.05, 3.63) is 9.66 Å². The average molecular weight is 266 g/mol. The van der Waals surface area contributed by atoms with Gasteiger partial charge in [0.25, 0.3) is 0 Å². The van der Waals surface area contributed by atoms with Gasteiger partial charge < -0.3 is 5.11 Å². The number of hydrogen-bond acceptors (Lipinski definition) is 1. The van der Waals surface area contributed by atoms with Gasteiger partial charge in [-0.05, 0) is 26.2 Å². The van der Waals surface area contributed by atoms with Crippen molar-refractivity contribution >= 4 is 22.6 Å². The minimum atomic E-state index is -4.26. The number of hydrogen-bond donors (Lipinski definition) is 1. The maximum atomic E-state index is 11.5. The first-order valence-electron chi connectivity index (χ1n) is 2.50. The molecule has 0 saturated carbocycles. The van der Waals surface area contributed by atoms with Gasteiger partial charge in [-0.2, -0.15) is 13.2 Å². The summed E-state index contributed by atoms with van der Waals surface area (Å²) in [6, 6.07) is 0. The Hall–Kier alpha value is 0.220. The van der Waals surface area contributed by atoms with Crippen LogP contribution in [0.4, 0.5) is 13.2 Å². The average Bonchev–Trinajstić information content (AvgIpc) is 1.59. The van der Waals surface area contributed by atoms with Crippen LogP contribution in [-0.4, -0.2) is 17.9 Å². The molecule has 1 nitrogen and oxygen atoms in total. The predicted octanol–water partition coefficient (Wildman–Crippen LogP) is 2.25. The molecule has 0 aromatic carbocycles. The molecular weight excluding hydrogens is 260 g/mol. The molecule has 1 N–H and O–H groups in total. The van der Waals surface area contributed by atoms with Crippen LogP contribution >= 0.6 is 22.6 Å². The zero-order chi connectivity index (χ0) is 8.20. The highest BCUT2D eigenvalue weighted by Gasteiger charge is 2.23. The van der Waals surface area contributed by atoms with Crippen LogP contribution in [0.15, 0.2) is 9.66 Å². The Morgan fingerprint density at radius 1 is 1.50 bits per heavy atom. The highest BCUT2D eigenvalue weighted by atomic mass is 127. The quantitative estimate of drug-likeness (QED) is 0.760. The fraction of sp³-hybridized carbons (Fsp3) is 0.600. The number of halogens is 4. The Morgan fingerprint density at radius 3 is 2.30 bits per heavy atom. The highest BCUT2D eigenvalue weighted by molar-refractivity contribution is 14.1. The Morgan fingerprint density at radius 2 is 2.00 bits per heavy atom. The van der Waals surface area contributed by atoms with Crippen LogP contribution in [-0.2, 0) is 0 Å². The molecule has 5 heteroatoms. The summed E-state index contributed by atoms with van der Waals surface area (Å²) in [5, 5.41) is 8.22. The Labute approximate surface area is 70.1 Å². The van der Waals surface area contributed by atoms with Crippen molar-refractivity contribution in [1.82, 2.24) is 0 Å². The van der Waals surface area contributed by atoms with Gasteiger partial charge in [-0.15, -0.1) is 0 Å². The van der Waals surface area contributed by atoms with Gasteiger partial charge in [0, 0.05) is 19.1 Å². The molecule has 0 amide bonds. The van der Waals surface area contributed by atoms with Crippen LogP contribution in [0.25, 0.3) is 0 Å². The van der Waals surface area contributed by atoms with E-state index >= 15 is 0 Å². The third-order valence-corrected chi connectivity index (χ3v) is 1.52. The van der Waals surface area contributed by atoms with Crippen LogP contribution in [0.1, 0.15) is 6.42 Å². The molecule has 0 unspecified atom stereocenters. The summed E-state index contributed by atoms with van der Waals surface area (Å²) in [6.45, 7) is -0.245. The monoisotopic (exact) mass is 266 g/mol. The molecule has 0 aliphatic carbocycles. The van der Waals surface area contributed by atoms with E-state index in [2.05, 4.69) is 0 Å². The van der Waals surface area contributed by atoms with E-state index in [0.29, 0.717) is 0 Å². The van der Waals surface area contributed by atoms with Gasteiger partial charge in [0.2, 0.25) is 0 Å². The second kappa shape index (κ2) is 4.17. The summed E-state index contributed by atoms with van der Waals surface area (Å²) < 4.78 is 34.5. The van der Waals surface area contributed by atoms with Crippen LogP contribution in [0.2, 0.25) is 0 Å². The van der Waals surface area contributed by atoms with Crippen molar-refractivity contribution in [1.29, 1.82) is 0 Å². The van der Waals surface area contributed by atoms with Crippen LogP contribution in [0, 0.1) is 0 Å². The summed E-state index contributed by atoms with van der Waals surface area (Å²) in [5.74, 6) is 0. The smallest absolute Gasteiger partial charge is 0.396 e. The molecule has 0 aromatic rings. The van der Waals surface area contributed by atoms with Crippen molar-refractivity contribution in [2.75, 3.05) is 6.61 Å². The standard InChI is InChI=1S/C5H6F3IO/c6-5(7,8)3-4(9)1-2-10/h3,10H,1-2H2. The van der Waals surface area contributed by atoms with Gasteiger partial charge in [0.05, 0.1) is 0 Å². The van der Waals surface area contributed by atoms with Gasteiger partial charge in [-0.25, -0.2) is 0 Å². The molecule has 0 aromatic heterocycles. The summed E-state index contributed by atoms with van der Waals surface area (Å²) in [5.41, 5.74) is 0. The highest BCUT2D eigenvalue weighted by Crippen LogP contribution is 2.22. The van der Waals surface area contributed by atoms with Gasteiger partial charge in [0.15, 0.2) is 0 Å². The molecule has 0 heterocycles. The molecule has 10 heavy (non-hydrogen) atoms. The number of alkyl halides is 3. The topological polar surface area (TPSA) is 20.2 Å². The largest absolute Gasteiger partial charge is 0.410 e. The minimum Gasteiger partial charge on any atom is -0.396 e. The molecule has 0 rings (SSSR count). The lowest BCUT2D eigenvalue weighted by Gasteiger charge is -1.99. The van der Waals surface area contributed by atoms with Crippen LogP contribution in [0.3, 0.4) is 0 Å². The van der Waals surface area contributed by atoms with Gasteiger partial charge in [-0.3, -0.25) is 0 Å². The van der Waals surface area contributed by atoms with E-state index in [0.717, 1.165) is 0 Å². The molecule has 0 bridgehead atoms. The number of rotatable bonds is 2. The Balaban J connectivity index is 3.90. The molecule has 0 fully saturated rings. The van der Waals surface area contributed by atoms with Crippen molar-refractivity contribution in [3.63, 3.8) is 0 Å². The van der Waals surface area contributed by atoms with Crippen molar-refractivity contribution in [2.45, 2.75) is 12.6 Å². The van der Waals surface area contributed by atoms with Gasteiger partial charge >= 0.3 is 6.18 Å². The lowest BCUT2D eigenvalue weighted by molar-refractivity contribution is -0.0801. The lowest BCUT2D eigenvalue weighted by atomic mass is 10.4. The second-order valence-corrected chi connectivity index (χ2v) is 2.99. The van der Waals surface area contributed by atoms with E-state index < -0.39 is 6.18 Å². The maximum absolute atomic E-state index is 11.5. The maximum Gasteiger partial charge on any atom is 0.410 e. The summed E-state index contributed by atoms with van der Waals surface area (Å²) >= 11 is 1.55. The zero-order valence-corrected chi connectivity index (χ0v) is 7.11. The van der Waals surface area contributed by atoms with E-state index in [9.17, 15) is 13.2 Å². The first-order chi connectivity index (χ1) is 4.45. The molecule has 0 atom stereocenters. The van der Waals surface area contributed by atoms with Gasteiger partial charge in [0.1, 0.15) is 0 Å². The molecule has 0 spiro atoms. The van der Waals surface area contributed by atoms with Gasteiger partial charge in [-0.1, -0.05) is 0 Å². The lowest BCUT2D eigenvalue weighted by Crippen LogP contribution is -2.02. The van der Waals surface area contributed by atoms with E-state index in [4.69, 9.17) is 5.11 Å². The van der Waals surface area contributed by atoms with E-state index in [1.807, 2.05) is 0 Å². The predicted molar refractivity (Wildman–Crippen MR) is 39.9 cm³/mol. The Kier molecular flexibility index (Phi) is 4.26. The minimum absolute atomic E-state index is 0.0695. The number of allylic oxidation sites excluding steroid dienone is 1. The van der Waals surface area contributed by atoms with Crippen LogP contribution in [0.5, 0.6) is 0 Å². The molecule has 60 valence electrons. The molecule has 0 radical (unpaired) electrons. The zero-order valence-electron chi connectivity index (χ0n) is 4.95. The fourth-order valence-electron chi connectivity index (χ4n) is 0.357. The van der Waals surface area contributed by atoms with Crippen molar-refractivity contribution < 1.29 is 18.3 Å². The second-order valence-electron chi connectivity index (χ2n) is 1.61.